The Labute approximate surface area is 167 Å². The van der Waals surface area contributed by atoms with Gasteiger partial charge in [0.2, 0.25) is 5.88 Å². The van der Waals surface area contributed by atoms with Gasteiger partial charge in [0.05, 0.1) is 30.3 Å². The van der Waals surface area contributed by atoms with Crippen LogP contribution in [0.25, 0.3) is 11.4 Å². The molecule has 1 N–H and O–H groups in total. The lowest BCUT2D eigenvalue weighted by atomic mass is 10.2. The van der Waals surface area contributed by atoms with Gasteiger partial charge in [-0.25, -0.2) is 14.0 Å². The number of aromatic nitrogens is 5. The molecule has 8 nitrogen and oxygen atoms in total. The van der Waals surface area contributed by atoms with Gasteiger partial charge in [0.25, 0.3) is 0 Å². The summed E-state index contributed by atoms with van der Waals surface area (Å²) in [5.74, 6) is -0.793. The molecule has 4 rings (SSSR count). The largest absolute Gasteiger partial charge is 0.573 e. The van der Waals surface area contributed by atoms with Crippen molar-refractivity contribution in [3.05, 3.63) is 83.4 Å². The Balaban J connectivity index is 1.65. The SMILES string of the molecule is O=c1n(Cc2ccncc2-n2cccn2)cc(O)n1-c1ccc(OC(F)(F)F)cc1. The maximum atomic E-state index is 12.8. The number of ether oxygens (including phenoxy) is 1. The molecule has 0 aliphatic rings. The van der Waals surface area contributed by atoms with Gasteiger partial charge in [-0.2, -0.15) is 5.10 Å². The number of halogens is 3. The summed E-state index contributed by atoms with van der Waals surface area (Å²) in [6.07, 6.45) is 2.94. The minimum atomic E-state index is -4.82. The van der Waals surface area contributed by atoms with Gasteiger partial charge in [-0.15, -0.1) is 13.2 Å². The molecule has 1 aromatic carbocycles. The number of rotatable bonds is 5. The number of nitrogens with zero attached hydrogens (tertiary/aromatic N) is 5. The number of hydrogen-bond donors (Lipinski definition) is 1. The van der Waals surface area contributed by atoms with Crippen molar-refractivity contribution in [2.75, 3.05) is 0 Å². The van der Waals surface area contributed by atoms with Gasteiger partial charge in [-0.3, -0.25) is 9.55 Å². The Morgan fingerprint density at radius 2 is 1.87 bits per heavy atom. The number of pyridine rings is 1. The summed E-state index contributed by atoms with van der Waals surface area (Å²) >= 11 is 0. The minimum Gasteiger partial charge on any atom is -0.493 e. The summed E-state index contributed by atoms with van der Waals surface area (Å²) in [6.45, 7) is 0.117. The van der Waals surface area contributed by atoms with Crippen molar-refractivity contribution in [2.45, 2.75) is 12.9 Å². The highest BCUT2D eigenvalue weighted by molar-refractivity contribution is 5.41. The van der Waals surface area contributed by atoms with Crippen LogP contribution in [-0.2, 0) is 6.54 Å². The molecule has 0 spiro atoms. The lowest BCUT2D eigenvalue weighted by Gasteiger charge is -2.10. The van der Waals surface area contributed by atoms with E-state index in [1.54, 1.807) is 41.6 Å². The molecule has 154 valence electrons. The van der Waals surface area contributed by atoms with E-state index in [2.05, 4.69) is 14.8 Å². The molecule has 3 aromatic heterocycles. The summed E-state index contributed by atoms with van der Waals surface area (Å²) < 4.78 is 44.6. The second kappa shape index (κ2) is 7.43. The molecule has 0 aliphatic carbocycles. The second-order valence-electron chi connectivity index (χ2n) is 6.23. The molecular weight excluding hydrogens is 403 g/mol. The first-order valence-electron chi connectivity index (χ1n) is 8.62. The van der Waals surface area contributed by atoms with Crippen LogP contribution >= 0.6 is 0 Å². The van der Waals surface area contributed by atoms with E-state index in [1.165, 1.54) is 22.9 Å². The molecule has 30 heavy (non-hydrogen) atoms. The van der Waals surface area contributed by atoms with Crippen molar-refractivity contribution in [3.8, 4) is 23.0 Å². The van der Waals surface area contributed by atoms with E-state index in [0.29, 0.717) is 5.69 Å². The normalized spacial score (nSPS) is 11.6. The average Bonchev–Trinajstić information content (AvgIpc) is 3.31. The summed E-state index contributed by atoms with van der Waals surface area (Å²) in [5.41, 5.74) is 1.00. The molecule has 0 atom stereocenters. The third-order valence-corrected chi connectivity index (χ3v) is 4.25. The minimum absolute atomic E-state index is 0.117. The molecule has 0 radical (unpaired) electrons. The third kappa shape index (κ3) is 3.90. The number of hydrogen-bond acceptors (Lipinski definition) is 5. The fraction of sp³-hybridized carbons (Fsp3) is 0.105. The van der Waals surface area contributed by atoms with E-state index in [-0.39, 0.29) is 18.1 Å². The Hall–Kier alpha value is -4.02. The Bertz CT molecular complexity index is 1210. The number of benzene rings is 1. The van der Waals surface area contributed by atoms with E-state index in [4.69, 9.17) is 0 Å². The molecule has 0 amide bonds. The smallest absolute Gasteiger partial charge is 0.493 e. The Kier molecular flexibility index (Phi) is 4.78. The van der Waals surface area contributed by atoms with Gasteiger partial charge in [0.1, 0.15) is 5.75 Å². The van der Waals surface area contributed by atoms with E-state index >= 15 is 0 Å². The lowest BCUT2D eigenvalue weighted by Crippen LogP contribution is -2.24. The molecule has 0 saturated carbocycles. The molecule has 0 saturated heterocycles. The zero-order chi connectivity index (χ0) is 21.3. The fourth-order valence-corrected chi connectivity index (χ4v) is 2.98. The van der Waals surface area contributed by atoms with Crippen molar-refractivity contribution >= 4 is 0 Å². The van der Waals surface area contributed by atoms with Crippen molar-refractivity contribution in [3.63, 3.8) is 0 Å². The number of alkyl halides is 3. The van der Waals surface area contributed by atoms with Crippen LogP contribution < -0.4 is 10.4 Å². The molecular formula is C19H14F3N5O3. The maximum Gasteiger partial charge on any atom is 0.573 e. The van der Waals surface area contributed by atoms with Crippen molar-refractivity contribution in [2.24, 2.45) is 0 Å². The Morgan fingerprint density at radius 3 is 2.53 bits per heavy atom. The highest BCUT2D eigenvalue weighted by Crippen LogP contribution is 2.24. The van der Waals surface area contributed by atoms with E-state index < -0.39 is 17.8 Å². The first-order valence-corrected chi connectivity index (χ1v) is 8.62. The zero-order valence-corrected chi connectivity index (χ0v) is 15.2. The first-order chi connectivity index (χ1) is 14.3. The summed E-state index contributed by atoms with van der Waals surface area (Å²) in [5, 5.41) is 14.4. The van der Waals surface area contributed by atoms with Crippen molar-refractivity contribution in [1.82, 2.24) is 23.9 Å². The van der Waals surface area contributed by atoms with Crippen LogP contribution in [-0.4, -0.2) is 35.4 Å². The van der Waals surface area contributed by atoms with Gasteiger partial charge in [-0.1, -0.05) is 0 Å². The van der Waals surface area contributed by atoms with E-state index in [9.17, 15) is 23.1 Å². The summed E-state index contributed by atoms with van der Waals surface area (Å²) in [4.78, 5) is 16.9. The third-order valence-electron chi connectivity index (χ3n) is 4.25. The first kappa shape index (κ1) is 19.3. The van der Waals surface area contributed by atoms with E-state index in [0.717, 1.165) is 22.3 Å². The van der Waals surface area contributed by atoms with Crippen LogP contribution in [0.1, 0.15) is 5.56 Å². The second-order valence-corrected chi connectivity index (χ2v) is 6.23. The van der Waals surface area contributed by atoms with Gasteiger partial charge < -0.3 is 9.84 Å². The lowest BCUT2D eigenvalue weighted by molar-refractivity contribution is -0.274. The Morgan fingerprint density at radius 1 is 1.10 bits per heavy atom. The van der Waals surface area contributed by atoms with Gasteiger partial charge >= 0.3 is 12.1 Å². The number of imidazole rings is 1. The molecule has 0 fully saturated rings. The van der Waals surface area contributed by atoms with Gasteiger partial charge in [0.15, 0.2) is 0 Å². The molecule has 3 heterocycles. The van der Waals surface area contributed by atoms with Crippen LogP contribution in [0.15, 0.2) is 72.2 Å². The highest BCUT2D eigenvalue weighted by Gasteiger charge is 2.31. The molecule has 4 aromatic rings. The molecule has 0 aliphatic heterocycles. The topological polar surface area (TPSA) is 87.1 Å². The van der Waals surface area contributed by atoms with Crippen molar-refractivity contribution in [1.29, 1.82) is 0 Å². The highest BCUT2D eigenvalue weighted by atomic mass is 19.4. The predicted octanol–water partition coefficient (Wildman–Crippen LogP) is 2.87. The fourth-order valence-electron chi connectivity index (χ4n) is 2.98. The van der Waals surface area contributed by atoms with E-state index in [1.807, 2.05) is 0 Å². The van der Waals surface area contributed by atoms with Crippen LogP contribution in [0.4, 0.5) is 13.2 Å². The standard InChI is InChI=1S/C19H14F3N5O3/c20-19(21,22)30-15-4-2-14(3-5-15)27-17(28)12-25(18(27)29)11-13-6-8-23-10-16(13)26-9-1-7-24-26/h1-10,12,28H,11H2. The quantitative estimate of drug-likeness (QED) is 0.540. The molecule has 0 unspecified atom stereocenters. The summed E-state index contributed by atoms with van der Waals surface area (Å²) in [7, 11) is 0. The average molecular weight is 417 g/mol. The molecule has 11 heteroatoms. The summed E-state index contributed by atoms with van der Waals surface area (Å²) in [6, 6.07) is 8.08. The van der Waals surface area contributed by atoms with Crippen molar-refractivity contribution < 1.29 is 23.0 Å². The van der Waals surface area contributed by atoms with Crippen LogP contribution in [0.3, 0.4) is 0 Å². The monoisotopic (exact) mass is 417 g/mol. The van der Waals surface area contributed by atoms with Gasteiger partial charge in [0, 0.05) is 24.2 Å². The zero-order valence-electron chi connectivity index (χ0n) is 15.2. The maximum absolute atomic E-state index is 12.8. The van der Waals surface area contributed by atoms with Crippen LogP contribution in [0.5, 0.6) is 11.6 Å². The molecule has 0 bridgehead atoms. The van der Waals surface area contributed by atoms with Crippen LogP contribution in [0, 0.1) is 0 Å². The van der Waals surface area contributed by atoms with Gasteiger partial charge in [-0.05, 0) is 36.4 Å². The number of aromatic hydroxyl groups is 1. The predicted molar refractivity (Wildman–Crippen MR) is 98.8 cm³/mol. The van der Waals surface area contributed by atoms with Crippen LogP contribution in [0.2, 0.25) is 0 Å².